The molecule has 1 aromatic rings. The third-order valence-electron chi connectivity index (χ3n) is 4.99. The zero-order valence-electron chi connectivity index (χ0n) is 12.5. The summed E-state index contributed by atoms with van der Waals surface area (Å²) >= 11 is 0. The van der Waals surface area contributed by atoms with Gasteiger partial charge >= 0.3 is 0 Å². The van der Waals surface area contributed by atoms with Crippen LogP contribution in [0.15, 0.2) is 6.07 Å². The molecule has 3 nitrogen and oxygen atoms in total. The van der Waals surface area contributed by atoms with Crippen LogP contribution in [0.5, 0.6) is 0 Å². The molecular weight excluding hydrogens is 234 g/mol. The van der Waals surface area contributed by atoms with Gasteiger partial charge in [-0.1, -0.05) is 0 Å². The summed E-state index contributed by atoms with van der Waals surface area (Å²) in [4.78, 5) is 0. The quantitative estimate of drug-likeness (QED) is 0.843. The number of hydrogen-bond donors (Lipinski definition) is 1. The van der Waals surface area contributed by atoms with Crippen molar-refractivity contribution >= 4 is 0 Å². The number of fused-ring (bicyclic) bond motifs is 1. The largest absolute Gasteiger partial charge is 0.324 e. The Morgan fingerprint density at radius 2 is 1.79 bits per heavy atom. The highest BCUT2D eigenvalue weighted by atomic mass is 15.6. The van der Waals surface area contributed by atoms with Crippen LogP contribution >= 0.6 is 0 Å². The minimum Gasteiger partial charge on any atom is -0.324 e. The molecule has 0 radical (unpaired) electrons. The number of aryl methyl sites for hydroxylation is 1. The first-order valence-corrected chi connectivity index (χ1v) is 7.85. The molecule has 0 amide bonds. The molecule has 106 valence electrons. The molecule has 0 spiro atoms. The molecule has 3 rings (SSSR count). The Morgan fingerprint density at radius 1 is 1.11 bits per heavy atom. The monoisotopic (exact) mass is 261 g/mol. The van der Waals surface area contributed by atoms with Crippen molar-refractivity contribution < 1.29 is 0 Å². The summed E-state index contributed by atoms with van der Waals surface area (Å²) in [7, 11) is 0. The predicted molar refractivity (Wildman–Crippen MR) is 80.0 cm³/mol. The molecule has 19 heavy (non-hydrogen) atoms. The highest BCUT2D eigenvalue weighted by Gasteiger charge is 2.30. The summed E-state index contributed by atoms with van der Waals surface area (Å²) in [5, 5.41) is 2.61. The van der Waals surface area contributed by atoms with Crippen molar-refractivity contribution in [3.63, 3.8) is 0 Å². The van der Waals surface area contributed by atoms with Crippen molar-refractivity contribution in [3.05, 3.63) is 23.0 Å². The van der Waals surface area contributed by atoms with Crippen molar-refractivity contribution in [2.24, 2.45) is 5.73 Å². The van der Waals surface area contributed by atoms with E-state index in [-0.39, 0.29) is 6.04 Å². The van der Waals surface area contributed by atoms with E-state index in [2.05, 4.69) is 36.5 Å². The van der Waals surface area contributed by atoms with Crippen molar-refractivity contribution in [2.75, 3.05) is 5.01 Å². The molecule has 1 saturated heterocycles. The van der Waals surface area contributed by atoms with Crippen LogP contribution in [0.25, 0.3) is 0 Å². The molecule has 3 unspecified atom stereocenters. The fraction of sp³-hybridized carbons (Fsp3) is 0.750. The minimum absolute atomic E-state index is 0.249. The van der Waals surface area contributed by atoms with Crippen LogP contribution in [0.2, 0.25) is 0 Å². The lowest BCUT2D eigenvalue weighted by Gasteiger charge is -2.43. The second-order valence-electron chi connectivity index (χ2n) is 6.51. The van der Waals surface area contributed by atoms with Crippen molar-refractivity contribution in [2.45, 2.75) is 77.4 Å². The topological polar surface area (TPSA) is 34.2 Å². The molecule has 1 aliphatic carbocycles. The van der Waals surface area contributed by atoms with Gasteiger partial charge in [0.2, 0.25) is 0 Å². The van der Waals surface area contributed by atoms with E-state index in [0.717, 1.165) is 6.42 Å². The first kappa shape index (κ1) is 13.0. The van der Waals surface area contributed by atoms with Gasteiger partial charge in [-0.3, -0.25) is 4.68 Å². The molecule has 2 aliphatic rings. The molecule has 1 aromatic heterocycles. The molecule has 3 heteroatoms. The summed E-state index contributed by atoms with van der Waals surface area (Å²) < 4.78 is 2.50. The number of piperidine rings is 1. The van der Waals surface area contributed by atoms with Crippen LogP contribution in [0, 0.1) is 6.92 Å². The maximum atomic E-state index is 6.30. The molecule has 3 atom stereocenters. The summed E-state index contributed by atoms with van der Waals surface area (Å²) in [6.07, 6.45) is 7.54. The lowest BCUT2D eigenvalue weighted by atomic mass is 9.93. The van der Waals surface area contributed by atoms with Gasteiger partial charge in [0.05, 0.1) is 0 Å². The average molecular weight is 261 g/mol. The summed E-state index contributed by atoms with van der Waals surface area (Å²) in [6.45, 7) is 6.97. The van der Waals surface area contributed by atoms with E-state index in [1.165, 1.54) is 49.1 Å². The fourth-order valence-corrected chi connectivity index (χ4v) is 4.04. The van der Waals surface area contributed by atoms with E-state index < -0.39 is 0 Å². The minimum atomic E-state index is 0.249. The Bertz CT molecular complexity index is 453. The Labute approximate surface area is 116 Å². The maximum absolute atomic E-state index is 6.30. The molecule has 2 N–H and O–H groups in total. The summed E-state index contributed by atoms with van der Waals surface area (Å²) in [5.41, 5.74) is 10.5. The van der Waals surface area contributed by atoms with Gasteiger partial charge in [-0.2, -0.15) is 0 Å². The second kappa shape index (κ2) is 4.86. The SMILES string of the molecule is Cc1cc2c(n1N1C(C)CCCC1C)CCCC2N. The number of nitrogens with two attached hydrogens (primary N) is 1. The second-order valence-corrected chi connectivity index (χ2v) is 6.51. The van der Waals surface area contributed by atoms with Gasteiger partial charge in [0.15, 0.2) is 0 Å². The van der Waals surface area contributed by atoms with E-state index >= 15 is 0 Å². The number of hydrogen-bond acceptors (Lipinski definition) is 2. The van der Waals surface area contributed by atoms with Gasteiger partial charge in [-0.25, -0.2) is 0 Å². The first-order valence-electron chi connectivity index (χ1n) is 7.85. The molecule has 2 heterocycles. The highest BCUT2D eigenvalue weighted by molar-refractivity contribution is 5.34. The molecular formula is C16H27N3. The van der Waals surface area contributed by atoms with Gasteiger partial charge in [0.25, 0.3) is 0 Å². The number of aromatic nitrogens is 1. The van der Waals surface area contributed by atoms with Crippen LogP contribution in [0.1, 0.15) is 68.9 Å². The normalized spacial score (nSPS) is 31.4. The van der Waals surface area contributed by atoms with E-state index in [0.29, 0.717) is 12.1 Å². The molecule has 1 aliphatic heterocycles. The van der Waals surface area contributed by atoms with Gasteiger partial charge in [-0.05, 0) is 70.9 Å². The lowest BCUT2D eigenvalue weighted by Crippen LogP contribution is -2.52. The van der Waals surface area contributed by atoms with Gasteiger partial charge in [0, 0.05) is 29.5 Å². The van der Waals surface area contributed by atoms with E-state index in [1.807, 2.05) is 0 Å². The number of rotatable bonds is 1. The number of nitrogens with zero attached hydrogens (tertiary/aromatic N) is 2. The summed E-state index contributed by atoms with van der Waals surface area (Å²) in [6, 6.07) is 3.85. The van der Waals surface area contributed by atoms with E-state index in [1.54, 1.807) is 0 Å². The Kier molecular flexibility index (Phi) is 3.34. The van der Waals surface area contributed by atoms with Crippen LogP contribution in [0.4, 0.5) is 0 Å². The molecule has 1 fully saturated rings. The molecule has 0 bridgehead atoms. The van der Waals surface area contributed by atoms with Gasteiger partial charge in [-0.15, -0.1) is 0 Å². The van der Waals surface area contributed by atoms with Crippen LogP contribution in [-0.4, -0.2) is 16.8 Å². The third kappa shape index (κ3) is 2.08. The molecule has 0 aromatic carbocycles. The lowest BCUT2D eigenvalue weighted by molar-refractivity contribution is 0.326. The smallest absolute Gasteiger partial charge is 0.0447 e. The van der Waals surface area contributed by atoms with E-state index in [9.17, 15) is 0 Å². The van der Waals surface area contributed by atoms with Crippen LogP contribution < -0.4 is 10.7 Å². The third-order valence-corrected chi connectivity index (χ3v) is 4.99. The average Bonchev–Trinajstić information content (AvgIpc) is 2.68. The van der Waals surface area contributed by atoms with Gasteiger partial charge in [0.1, 0.15) is 0 Å². The summed E-state index contributed by atoms with van der Waals surface area (Å²) in [5.74, 6) is 0. The first-order chi connectivity index (χ1) is 9.09. The predicted octanol–water partition coefficient (Wildman–Crippen LogP) is 3.03. The Morgan fingerprint density at radius 3 is 2.47 bits per heavy atom. The van der Waals surface area contributed by atoms with Crippen LogP contribution in [0.3, 0.4) is 0 Å². The van der Waals surface area contributed by atoms with Gasteiger partial charge < -0.3 is 10.7 Å². The maximum Gasteiger partial charge on any atom is 0.0447 e. The zero-order valence-corrected chi connectivity index (χ0v) is 12.5. The molecule has 0 saturated carbocycles. The highest BCUT2D eigenvalue weighted by Crippen LogP contribution is 2.33. The van der Waals surface area contributed by atoms with Crippen LogP contribution in [-0.2, 0) is 6.42 Å². The van der Waals surface area contributed by atoms with Crippen molar-refractivity contribution in [1.82, 2.24) is 4.68 Å². The Hall–Kier alpha value is -0.960. The van der Waals surface area contributed by atoms with E-state index in [4.69, 9.17) is 5.73 Å². The standard InChI is InChI=1S/C16H27N3/c1-11-6-4-7-12(2)18(11)19-13(3)10-14-15(17)8-5-9-16(14)19/h10-12,15H,4-9,17H2,1-3H3. The van der Waals surface area contributed by atoms with Crippen molar-refractivity contribution in [3.8, 4) is 0 Å². The fourth-order valence-electron chi connectivity index (χ4n) is 4.04. The zero-order chi connectivity index (χ0) is 13.6. The van der Waals surface area contributed by atoms with Crippen molar-refractivity contribution in [1.29, 1.82) is 0 Å². The Balaban J connectivity index is 2.04.